The Bertz CT molecular complexity index is 1580. The van der Waals surface area contributed by atoms with Crippen LogP contribution in [0.5, 0.6) is 5.75 Å². The van der Waals surface area contributed by atoms with Crippen molar-refractivity contribution < 1.29 is 19.4 Å². The number of nitrogens with zero attached hydrogens (tertiary/aromatic N) is 7. The van der Waals surface area contributed by atoms with Crippen molar-refractivity contribution in [2.75, 3.05) is 19.8 Å². The van der Waals surface area contributed by atoms with Crippen molar-refractivity contribution in [3.05, 3.63) is 116 Å². The van der Waals surface area contributed by atoms with E-state index in [0.29, 0.717) is 48.1 Å². The fourth-order valence-corrected chi connectivity index (χ4v) is 5.10. The molecular weight excluding hydrogens is 548 g/mol. The normalized spacial score (nSPS) is 18.9. The minimum Gasteiger partial charge on any atom is -0.494 e. The van der Waals surface area contributed by atoms with E-state index in [2.05, 4.69) is 25.4 Å². The number of benzene rings is 3. The van der Waals surface area contributed by atoms with E-state index < -0.39 is 11.6 Å². The van der Waals surface area contributed by atoms with Gasteiger partial charge in [-0.1, -0.05) is 58.8 Å². The highest BCUT2D eigenvalue weighted by atomic mass is 16.5. The molecule has 3 aromatic carbocycles. The van der Waals surface area contributed by atoms with Gasteiger partial charge in [0, 0.05) is 52.6 Å². The first-order chi connectivity index (χ1) is 21.1. The zero-order chi connectivity index (χ0) is 30.1. The average molecular weight is 581 g/mol. The van der Waals surface area contributed by atoms with Gasteiger partial charge in [0.05, 0.1) is 13.2 Å². The molecule has 2 atom stereocenters. The van der Waals surface area contributed by atoms with Crippen LogP contribution in [0.15, 0.2) is 88.0 Å². The predicted octanol–water partition coefficient (Wildman–Crippen LogP) is 6.23. The second-order valence-electron chi connectivity index (χ2n) is 10.5. The molecule has 0 saturated heterocycles. The van der Waals surface area contributed by atoms with E-state index in [1.807, 2.05) is 24.3 Å². The standard InChI is InChI=1S/C31H32N8O4/c32-38-35-20-24-7-2-1-6-23(24)18-31(30(41)34-19-21-10-11-21)28(26-8-3-4-9-27(26)37-39-33)43-29(36-31)22-12-14-25(15-13-22)42-17-5-16-40/h1-4,6-9,12-15,21,28,40H,5,10-11,16-20H2,(H,34,41)/t28-,31-/m1/s1. The first-order valence-corrected chi connectivity index (χ1v) is 14.2. The second kappa shape index (κ2) is 13.8. The number of hydrogen-bond donors (Lipinski definition) is 2. The molecule has 0 radical (unpaired) electrons. The highest BCUT2D eigenvalue weighted by Crippen LogP contribution is 2.46. The van der Waals surface area contributed by atoms with Crippen molar-refractivity contribution in [2.24, 2.45) is 21.1 Å². The zero-order valence-corrected chi connectivity index (χ0v) is 23.5. The highest BCUT2D eigenvalue weighted by molar-refractivity contribution is 6.01. The monoisotopic (exact) mass is 580 g/mol. The SMILES string of the molecule is [N-]=[N+]=NCc1ccccc1C[C@@]1(C(=O)NCC2CC2)N=C(c2ccc(OCCCO)cc2)O[C@@H]1c1ccccc1N=[N+]=[N-]. The molecule has 43 heavy (non-hydrogen) atoms. The Morgan fingerprint density at radius 3 is 2.51 bits per heavy atom. The van der Waals surface area contributed by atoms with Crippen molar-refractivity contribution in [1.82, 2.24) is 5.32 Å². The molecule has 1 saturated carbocycles. The summed E-state index contributed by atoms with van der Waals surface area (Å²) in [6, 6.07) is 21.6. The number of ether oxygens (including phenoxy) is 2. The molecule has 3 aromatic rings. The van der Waals surface area contributed by atoms with Crippen molar-refractivity contribution in [2.45, 2.75) is 43.9 Å². The topological polar surface area (TPSA) is 178 Å². The Balaban J connectivity index is 1.62. The minimum atomic E-state index is -1.48. The molecule has 12 nitrogen and oxygen atoms in total. The van der Waals surface area contributed by atoms with Crippen LogP contribution in [0.1, 0.15) is 47.6 Å². The van der Waals surface area contributed by atoms with Gasteiger partial charge in [-0.3, -0.25) is 4.79 Å². The molecule has 1 amide bonds. The smallest absolute Gasteiger partial charge is 0.252 e. The van der Waals surface area contributed by atoms with Crippen LogP contribution in [0.25, 0.3) is 20.9 Å². The number of aliphatic hydroxyl groups is 1. The highest BCUT2D eigenvalue weighted by Gasteiger charge is 2.54. The van der Waals surface area contributed by atoms with Gasteiger partial charge < -0.3 is 19.9 Å². The molecule has 12 heteroatoms. The lowest BCUT2D eigenvalue weighted by atomic mass is 9.80. The quantitative estimate of drug-likeness (QED) is 0.0994. The molecule has 220 valence electrons. The Kier molecular flexibility index (Phi) is 9.43. The van der Waals surface area contributed by atoms with Crippen LogP contribution >= 0.6 is 0 Å². The van der Waals surface area contributed by atoms with Crippen LogP contribution in [-0.4, -0.2) is 42.2 Å². The first kappa shape index (κ1) is 29.5. The summed E-state index contributed by atoms with van der Waals surface area (Å²) in [5.74, 6) is 1.01. The number of carbonyl (C=O) groups excluding carboxylic acids is 1. The largest absolute Gasteiger partial charge is 0.494 e. The second-order valence-corrected chi connectivity index (χ2v) is 10.5. The molecule has 0 unspecified atom stereocenters. The Labute approximate surface area is 248 Å². The summed E-state index contributed by atoms with van der Waals surface area (Å²) in [6.07, 6.45) is 1.84. The predicted molar refractivity (Wildman–Crippen MR) is 161 cm³/mol. The summed E-state index contributed by atoms with van der Waals surface area (Å²) >= 11 is 0. The van der Waals surface area contributed by atoms with Gasteiger partial charge in [0.2, 0.25) is 5.90 Å². The number of amides is 1. The number of rotatable bonds is 14. The van der Waals surface area contributed by atoms with Crippen LogP contribution < -0.4 is 10.1 Å². The van der Waals surface area contributed by atoms with Gasteiger partial charge in [0.1, 0.15) is 5.75 Å². The van der Waals surface area contributed by atoms with E-state index in [9.17, 15) is 10.3 Å². The van der Waals surface area contributed by atoms with Gasteiger partial charge in [0.15, 0.2) is 11.6 Å². The van der Waals surface area contributed by atoms with Gasteiger partial charge in [-0.05, 0) is 65.2 Å². The minimum absolute atomic E-state index is 0.0400. The molecule has 1 aliphatic carbocycles. The molecule has 0 spiro atoms. The fraction of sp³-hybridized carbons (Fsp3) is 0.355. The number of nitrogens with one attached hydrogen (secondary N) is 1. The molecule has 0 bridgehead atoms. The molecule has 2 aliphatic rings. The maximum Gasteiger partial charge on any atom is 0.252 e. The lowest BCUT2D eigenvalue weighted by Gasteiger charge is -2.32. The van der Waals surface area contributed by atoms with Gasteiger partial charge in [-0.15, -0.1) is 0 Å². The number of carbonyl (C=O) groups is 1. The molecule has 2 N–H and O–H groups in total. The molecule has 1 heterocycles. The van der Waals surface area contributed by atoms with Crippen molar-refractivity contribution in [1.29, 1.82) is 0 Å². The van der Waals surface area contributed by atoms with Gasteiger partial charge in [0.25, 0.3) is 5.91 Å². The third-order valence-corrected chi connectivity index (χ3v) is 7.53. The van der Waals surface area contributed by atoms with Gasteiger partial charge in [-0.2, -0.15) is 0 Å². The lowest BCUT2D eigenvalue weighted by Crippen LogP contribution is -2.50. The van der Waals surface area contributed by atoms with Crippen LogP contribution in [0.2, 0.25) is 0 Å². The first-order valence-electron chi connectivity index (χ1n) is 14.2. The van der Waals surface area contributed by atoms with E-state index in [1.54, 1.807) is 48.5 Å². The third-order valence-electron chi connectivity index (χ3n) is 7.53. The molecule has 0 aromatic heterocycles. The number of aliphatic hydroxyl groups excluding tert-OH is 1. The number of aliphatic imine (C=N–C) groups is 1. The number of azide groups is 2. The maximum atomic E-state index is 14.3. The van der Waals surface area contributed by atoms with E-state index in [1.165, 1.54) is 0 Å². The zero-order valence-electron chi connectivity index (χ0n) is 23.5. The fourth-order valence-electron chi connectivity index (χ4n) is 5.10. The lowest BCUT2D eigenvalue weighted by molar-refractivity contribution is -0.129. The molecular formula is C31H32N8O4. The summed E-state index contributed by atoms with van der Waals surface area (Å²) < 4.78 is 12.2. The van der Waals surface area contributed by atoms with Crippen molar-refractivity contribution in [3.63, 3.8) is 0 Å². The van der Waals surface area contributed by atoms with E-state index in [-0.39, 0.29) is 31.4 Å². The van der Waals surface area contributed by atoms with Gasteiger partial charge >= 0.3 is 0 Å². The van der Waals surface area contributed by atoms with Crippen LogP contribution in [-0.2, 0) is 22.5 Å². The van der Waals surface area contributed by atoms with Gasteiger partial charge in [-0.25, -0.2) is 4.99 Å². The van der Waals surface area contributed by atoms with Crippen LogP contribution in [0.3, 0.4) is 0 Å². The summed E-state index contributed by atoms with van der Waals surface area (Å²) in [6.45, 7) is 1.06. The van der Waals surface area contributed by atoms with E-state index in [4.69, 9.17) is 25.1 Å². The van der Waals surface area contributed by atoms with E-state index in [0.717, 1.165) is 24.0 Å². The molecule has 1 aliphatic heterocycles. The van der Waals surface area contributed by atoms with Crippen LogP contribution in [0, 0.1) is 5.92 Å². The van der Waals surface area contributed by atoms with Crippen LogP contribution in [0.4, 0.5) is 5.69 Å². The third kappa shape index (κ3) is 6.90. The average Bonchev–Trinajstić information content (AvgIpc) is 3.79. The Morgan fingerprint density at radius 1 is 1.05 bits per heavy atom. The summed E-state index contributed by atoms with van der Waals surface area (Å²) in [7, 11) is 0. The van der Waals surface area contributed by atoms with Crippen molar-refractivity contribution in [3.8, 4) is 5.75 Å². The van der Waals surface area contributed by atoms with E-state index >= 15 is 0 Å². The molecule has 5 rings (SSSR count). The number of hydrogen-bond acceptors (Lipinski definition) is 7. The molecule has 1 fully saturated rings. The summed E-state index contributed by atoms with van der Waals surface area (Å²) in [5, 5.41) is 19.8. The van der Waals surface area contributed by atoms with Crippen molar-refractivity contribution >= 4 is 17.5 Å². The summed E-state index contributed by atoms with van der Waals surface area (Å²) in [5.41, 5.74) is 19.9. The summed E-state index contributed by atoms with van der Waals surface area (Å²) in [4.78, 5) is 25.3. The maximum absolute atomic E-state index is 14.3. The Morgan fingerprint density at radius 2 is 1.79 bits per heavy atom. The Hall–Kier alpha value is -5.02.